The van der Waals surface area contributed by atoms with Gasteiger partial charge >= 0.3 is 0 Å². The van der Waals surface area contributed by atoms with Crippen molar-refractivity contribution in [2.75, 3.05) is 39.1 Å². The summed E-state index contributed by atoms with van der Waals surface area (Å²) in [6.07, 6.45) is 7.37. The number of hydrogen-bond acceptors (Lipinski definition) is 8. The molecule has 3 heterocycles. The standard InChI is InChI=1S/C30H34N8O/c1-21-28(12-22(16-33-21)13-29(39)23-8-7-9-25(14-23)30(2,3)20-31)38-19-27(34-35-38)24-15-26(18-32-17-24)37(6)11-10-36(4)5/h7-9,12,14-19H,10-11,13H2,1-6H3. The number of nitriles is 1. The number of ketones is 1. The molecule has 1 aromatic carbocycles. The van der Waals surface area contributed by atoms with Gasteiger partial charge in [0.15, 0.2) is 5.78 Å². The number of aromatic nitrogens is 5. The number of nitrogens with zero attached hydrogens (tertiary/aromatic N) is 8. The van der Waals surface area contributed by atoms with Gasteiger partial charge in [-0.15, -0.1) is 5.10 Å². The van der Waals surface area contributed by atoms with Crippen molar-refractivity contribution in [2.24, 2.45) is 0 Å². The normalized spacial score (nSPS) is 11.4. The quantitative estimate of drug-likeness (QED) is 0.285. The number of likely N-dealkylation sites (N-methyl/N-ethyl adjacent to an activating group) is 2. The zero-order chi connectivity index (χ0) is 28.2. The minimum atomic E-state index is -0.670. The van der Waals surface area contributed by atoms with E-state index in [0.29, 0.717) is 11.3 Å². The third kappa shape index (κ3) is 6.54. The third-order valence-corrected chi connectivity index (χ3v) is 6.75. The van der Waals surface area contributed by atoms with E-state index in [9.17, 15) is 10.1 Å². The van der Waals surface area contributed by atoms with Crippen LogP contribution in [0.1, 0.15) is 41.0 Å². The maximum Gasteiger partial charge on any atom is 0.167 e. The van der Waals surface area contributed by atoms with E-state index in [4.69, 9.17) is 0 Å². The van der Waals surface area contributed by atoms with Crippen LogP contribution in [0.5, 0.6) is 0 Å². The second-order valence-corrected chi connectivity index (χ2v) is 10.6. The van der Waals surface area contributed by atoms with E-state index in [1.54, 1.807) is 29.2 Å². The number of pyridine rings is 2. The Labute approximate surface area is 229 Å². The Morgan fingerprint density at radius 2 is 1.87 bits per heavy atom. The molecule has 0 amide bonds. The third-order valence-electron chi connectivity index (χ3n) is 6.75. The first-order valence-corrected chi connectivity index (χ1v) is 12.8. The van der Waals surface area contributed by atoms with Gasteiger partial charge in [0, 0.05) is 50.1 Å². The van der Waals surface area contributed by atoms with Crippen molar-refractivity contribution in [1.29, 1.82) is 5.26 Å². The minimum Gasteiger partial charge on any atom is -0.372 e. The maximum absolute atomic E-state index is 13.1. The summed E-state index contributed by atoms with van der Waals surface area (Å²) in [4.78, 5) is 26.3. The largest absolute Gasteiger partial charge is 0.372 e. The average molecular weight is 523 g/mol. The first-order valence-electron chi connectivity index (χ1n) is 12.8. The number of anilines is 1. The Hall–Kier alpha value is -4.42. The Kier molecular flexibility index (Phi) is 8.17. The molecule has 3 aromatic heterocycles. The highest BCUT2D eigenvalue weighted by molar-refractivity contribution is 5.97. The van der Waals surface area contributed by atoms with Crippen LogP contribution in [0.15, 0.2) is 61.2 Å². The summed E-state index contributed by atoms with van der Waals surface area (Å²) in [5.41, 5.74) is 5.59. The van der Waals surface area contributed by atoms with Crippen LogP contribution in [0.2, 0.25) is 0 Å². The van der Waals surface area contributed by atoms with E-state index < -0.39 is 5.41 Å². The highest BCUT2D eigenvalue weighted by Gasteiger charge is 2.21. The van der Waals surface area contributed by atoms with E-state index in [0.717, 1.165) is 46.8 Å². The first-order chi connectivity index (χ1) is 18.6. The zero-order valence-corrected chi connectivity index (χ0v) is 23.4. The lowest BCUT2D eigenvalue weighted by molar-refractivity contribution is 0.0992. The zero-order valence-electron chi connectivity index (χ0n) is 23.4. The summed E-state index contributed by atoms with van der Waals surface area (Å²) in [5, 5.41) is 18.2. The number of carbonyl (C=O) groups is 1. The lowest BCUT2D eigenvalue weighted by Gasteiger charge is -2.21. The summed E-state index contributed by atoms with van der Waals surface area (Å²) in [5.74, 6) is -0.0391. The molecule has 0 saturated carbocycles. The van der Waals surface area contributed by atoms with Gasteiger partial charge in [0.2, 0.25) is 0 Å². The summed E-state index contributed by atoms with van der Waals surface area (Å²) in [7, 11) is 6.15. The highest BCUT2D eigenvalue weighted by atomic mass is 16.1. The summed E-state index contributed by atoms with van der Waals surface area (Å²) < 4.78 is 1.68. The molecule has 39 heavy (non-hydrogen) atoms. The van der Waals surface area contributed by atoms with Gasteiger partial charge < -0.3 is 9.80 Å². The van der Waals surface area contributed by atoms with Crippen LogP contribution in [-0.2, 0) is 11.8 Å². The molecule has 0 aliphatic carbocycles. The van der Waals surface area contributed by atoms with Gasteiger partial charge in [-0.25, -0.2) is 4.68 Å². The summed E-state index contributed by atoms with van der Waals surface area (Å²) in [6.45, 7) is 7.40. The molecule has 0 atom stereocenters. The molecule has 9 nitrogen and oxygen atoms in total. The van der Waals surface area contributed by atoms with Crippen molar-refractivity contribution in [3.8, 4) is 23.0 Å². The van der Waals surface area contributed by atoms with Crippen molar-refractivity contribution in [1.82, 2.24) is 29.9 Å². The van der Waals surface area contributed by atoms with E-state index in [2.05, 4.69) is 56.3 Å². The van der Waals surface area contributed by atoms with Gasteiger partial charge in [-0.2, -0.15) is 5.26 Å². The number of hydrogen-bond donors (Lipinski definition) is 0. The lowest BCUT2D eigenvalue weighted by atomic mass is 9.85. The van der Waals surface area contributed by atoms with Crippen molar-refractivity contribution >= 4 is 11.5 Å². The van der Waals surface area contributed by atoms with Crippen molar-refractivity contribution < 1.29 is 4.79 Å². The number of carbonyl (C=O) groups excluding carboxylic acids is 1. The van der Waals surface area contributed by atoms with Crippen LogP contribution in [0, 0.1) is 18.3 Å². The van der Waals surface area contributed by atoms with E-state index in [-0.39, 0.29) is 12.2 Å². The molecule has 0 bridgehead atoms. The number of rotatable bonds is 10. The molecule has 9 heteroatoms. The lowest BCUT2D eigenvalue weighted by Crippen LogP contribution is -2.28. The predicted molar refractivity (Wildman–Crippen MR) is 152 cm³/mol. The van der Waals surface area contributed by atoms with Crippen LogP contribution in [0.25, 0.3) is 16.9 Å². The molecule has 0 unspecified atom stereocenters. The molecule has 0 spiro atoms. The first kappa shape index (κ1) is 27.6. The second-order valence-electron chi connectivity index (χ2n) is 10.6. The molecular weight excluding hydrogens is 488 g/mol. The van der Waals surface area contributed by atoms with Gasteiger partial charge in [0.1, 0.15) is 5.69 Å². The van der Waals surface area contributed by atoms with Gasteiger partial charge in [-0.1, -0.05) is 23.4 Å². The molecule has 0 radical (unpaired) electrons. The van der Waals surface area contributed by atoms with Crippen molar-refractivity contribution in [3.05, 3.63) is 83.6 Å². The fraction of sp³-hybridized carbons (Fsp3) is 0.333. The SMILES string of the molecule is Cc1ncc(CC(=O)c2cccc(C(C)(C)C#N)c2)cc1-n1cc(-c2cncc(N(C)CCN(C)C)c2)nn1. The number of benzene rings is 1. The Morgan fingerprint density at radius 3 is 2.62 bits per heavy atom. The summed E-state index contributed by atoms with van der Waals surface area (Å²) in [6, 6.07) is 13.6. The molecule has 4 aromatic rings. The number of aryl methyl sites for hydroxylation is 1. The topological polar surface area (TPSA) is 104 Å². The van der Waals surface area contributed by atoms with Crippen LogP contribution < -0.4 is 4.90 Å². The monoisotopic (exact) mass is 522 g/mol. The smallest absolute Gasteiger partial charge is 0.167 e. The minimum absolute atomic E-state index is 0.0391. The van der Waals surface area contributed by atoms with Crippen LogP contribution in [0.3, 0.4) is 0 Å². The van der Waals surface area contributed by atoms with Gasteiger partial charge in [-0.05, 0) is 64.2 Å². The van der Waals surface area contributed by atoms with Gasteiger partial charge in [0.05, 0.1) is 40.9 Å². The molecule has 0 N–H and O–H groups in total. The molecule has 0 aliphatic heterocycles. The van der Waals surface area contributed by atoms with Gasteiger partial charge in [0.25, 0.3) is 0 Å². The van der Waals surface area contributed by atoms with Crippen LogP contribution in [-0.4, -0.2) is 69.9 Å². The second kappa shape index (κ2) is 11.5. The molecule has 0 fully saturated rings. The van der Waals surface area contributed by atoms with Crippen LogP contribution >= 0.6 is 0 Å². The summed E-state index contributed by atoms with van der Waals surface area (Å²) >= 11 is 0. The van der Waals surface area contributed by atoms with Gasteiger partial charge in [-0.3, -0.25) is 14.8 Å². The Balaban J connectivity index is 1.54. The maximum atomic E-state index is 13.1. The Bertz CT molecular complexity index is 1520. The van der Waals surface area contributed by atoms with Crippen LogP contribution in [0.4, 0.5) is 5.69 Å². The fourth-order valence-electron chi connectivity index (χ4n) is 4.09. The van der Waals surface area contributed by atoms with E-state index >= 15 is 0 Å². The highest BCUT2D eigenvalue weighted by Crippen LogP contribution is 2.25. The van der Waals surface area contributed by atoms with Crippen molar-refractivity contribution in [2.45, 2.75) is 32.6 Å². The number of Topliss-reactive ketones (excluding diaryl/α,β-unsaturated/α-hetero) is 1. The molecule has 0 saturated heterocycles. The Morgan fingerprint density at radius 1 is 1.08 bits per heavy atom. The predicted octanol–water partition coefficient (Wildman–Crippen LogP) is 4.26. The molecular formula is C30H34N8O. The molecule has 200 valence electrons. The van der Waals surface area contributed by atoms with E-state index in [1.807, 2.05) is 58.4 Å². The fourth-order valence-corrected chi connectivity index (χ4v) is 4.09. The molecule has 0 aliphatic rings. The molecule has 4 rings (SSSR count). The average Bonchev–Trinajstić information content (AvgIpc) is 3.43. The van der Waals surface area contributed by atoms with E-state index in [1.165, 1.54) is 0 Å². The van der Waals surface area contributed by atoms with Crippen molar-refractivity contribution in [3.63, 3.8) is 0 Å².